The number of hydrogen-bond donors (Lipinski definition) is 3. The number of pyridine rings is 1. The van der Waals surface area contributed by atoms with Crippen LogP contribution in [0, 0.1) is 0 Å². The molecular formula is C17H16ClN3O2S. The summed E-state index contributed by atoms with van der Waals surface area (Å²) in [6.07, 6.45) is 1.67. The number of amides is 1. The quantitative estimate of drug-likeness (QED) is 0.650. The first kappa shape index (κ1) is 16.8. The molecule has 0 bridgehead atoms. The largest absolute Gasteiger partial charge is 0.394 e. The Kier molecular flexibility index (Phi) is 5.08. The molecule has 0 aliphatic heterocycles. The fraction of sp³-hybridized carbons (Fsp3) is 0.176. The predicted octanol–water partition coefficient (Wildman–Crippen LogP) is 3.48. The van der Waals surface area contributed by atoms with E-state index in [1.807, 2.05) is 36.4 Å². The van der Waals surface area contributed by atoms with Crippen LogP contribution in [0.5, 0.6) is 0 Å². The van der Waals surface area contributed by atoms with E-state index >= 15 is 0 Å². The summed E-state index contributed by atoms with van der Waals surface area (Å²) in [5.41, 5.74) is 1.08. The summed E-state index contributed by atoms with van der Waals surface area (Å²) < 4.78 is 0. The van der Waals surface area contributed by atoms with Gasteiger partial charge in [0.15, 0.2) is 0 Å². The Labute approximate surface area is 148 Å². The van der Waals surface area contributed by atoms with Gasteiger partial charge >= 0.3 is 0 Å². The predicted molar refractivity (Wildman–Crippen MR) is 95.7 cm³/mol. The lowest BCUT2D eigenvalue weighted by Crippen LogP contribution is -2.35. The van der Waals surface area contributed by atoms with Crippen molar-refractivity contribution in [1.29, 1.82) is 0 Å². The Morgan fingerprint density at radius 2 is 2.12 bits per heavy atom. The standard InChI is InChI=1S/C17H16ClN3O2S/c1-10(9-22)20-17(23)14-15(13-3-2-8-19-16(13)21-14)24-12-6-4-11(18)5-7-12/h2-8,10,22H,9H2,1H3,(H,19,21)(H,20,23). The highest BCUT2D eigenvalue weighted by molar-refractivity contribution is 7.99. The van der Waals surface area contributed by atoms with Crippen molar-refractivity contribution < 1.29 is 9.90 Å². The number of hydrogen-bond acceptors (Lipinski definition) is 4. The average molecular weight is 362 g/mol. The molecule has 2 aromatic heterocycles. The number of rotatable bonds is 5. The number of carbonyl (C=O) groups excluding carboxylic acids is 1. The summed E-state index contributed by atoms with van der Waals surface area (Å²) in [5, 5.41) is 13.4. The van der Waals surface area contributed by atoms with Crippen molar-refractivity contribution >= 4 is 40.3 Å². The highest BCUT2D eigenvalue weighted by Crippen LogP contribution is 2.36. The summed E-state index contributed by atoms with van der Waals surface area (Å²) >= 11 is 7.40. The van der Waals surface area contributed by atoms with Crippen LogP contribution < -0.4 is 5.32 Å². The van der Waals surface area contributed by atoms with Gasteiger partial charge in [0.25, 0.3) is 5.91 Å². The molecule has 3 N–H and O–H groups in total. The van der Waals surface area contributed by atoms with Gasteiger partial charge in [-0.15, -0.1) is 0 Å². The highest BCUT2D eigenvalue weighted by atomic mass is 35.5. The summed E-state index contributed by atoms with van der Waals surface area (Å²) in [4.78, 5) is 21.6. The molecule has 1 unspecified atom stereocenters. The van der Waals surface area contributed by atoms with Crippen LogP contribution in [0.4, 0.5) is 0 Å². The third kappa shape index (κ3) is 3.56. The number of aromatic nitrogens is 2. The molecule has 3 rings (SSSR count). The molecule has 0 radical (unpaired) electrons. The van der Waals surface area contributed by atoms with Gasteiger partial charge < -0.3 is 15.4 Å². The topological polar surface area (TPSA) is 78.0 Å². The first-order valence-corrected chi connectivity index (χ1v) is 8.59. The molecule has 1 amide bonds. The molecule has 1 atom stereocenters. The molecule has 0 saturated heterocycles. The Bertz CT molecular complexity index is 864. The van der Waals surface area contributed by atoms with Crippen LogP contribution in [0.1, 0.15) is 17.4 Å². The number of benzene rings is 1. The molecule has 1 aromatic carbocycles. The lowest BCUT2D eigenvalue weighted by Gasteiger charge is -2.11. The number of aliphatic hydroxyl groups excluding tert-OH is 1. The smallest absolute Gasteiger partial charge is 0.269 e. The number of carbonyl (C=O) groups is 1. The summed E-state index contributed by atoms with van der Waals surface area (Å²) in [6, 6.07) is 10.9. The number of H-pyrrole nitrogens is 1. The van der Waals surface area contributed by atoms with E-state index in [0.717, 1.165) is 15.2 Å². The molecule has 0 aliphatic rings. The third-order valence-electron chi connectivity index (χ3n) is 3.43. The van der Waals surface area contributed by atoms with Crippen molar-refractivity contribution in [2.45, 2.75) is 22.8 Å². The molecule has 24 heavy (non-hydrogen) atoms. The van der Waals surface area contributed by atoms with E-state index in [9.17, 15) is 4.79 Å². The van der Waals surface area contributed by atoms with E-state index < -0.39 is 0 Å². The fourth-order valence-electron chi connectivity index (χ4n) is 2.23. The Balaban J connectivity index is 2.01. The second-order valence-electron chi connectivity index (χ2n) is 5.34. The molecular weight excluding hydrogens is 346 g/mol. The summed E-state index contributed by atoms with van der Waals surface area (Å²) in [6.45, 7) is 1.62. The molecule has 3 aromatic rings. The number of aliphatic hydroxyl groups is 1. The minimum Gasteiger partial charge on any atom is -0.394 e. The molecule has 2 heterocycles. The minimum absolute atomic E-state index is 0.121. The van der Waals surface area contributed by atoms with Crippen LogP contribution in [0.15, 0.2) is 52.4 Å². The van der Waals surface area contributed by atoms with E-state index in [4.69, 9.17) is 16.7 Å². The van der Waals surface area contributed by atoms with Gasteiger partial charge in [0, 0.05) is 27.5 Å². The van der Waals surface area contributed by atoms with Gasteiger partial charge in [0.1, 0.15) is 11.3 Å². The maximum atomic E-state index is 12.5. The van der Waals surface area contributed by atoms with Gasteiger partial charge in [0.2, 0.25) is 0 Å². The lowest BCUT2D eigenvalue weighted by molar-refractivity contribution is 0.0915. The second-order valence-corrected chi connectivity index (χ2v) is 6.86. The number of fused-ring (bicyclic) bond motifs is 1. The van der Waals surface area contributed by atoms with Crippen LogP contribution >= 0.6 is 23.4 Å². The van der Waals surface area contributed by atoms with Crippen molar-refractivity contribution in [3.63, 3.8) is 0 Å². The van der Waals surface area contributed by atoms with E-state index in [0.29, 0.717) is 16.4 Å². The second kappa shape index (κ2) is 7.25. The van der Waals surface area contributed by atoms with Gasteiger partial charge in [-0.05, 0) is 43.3 Å². The third-order valence-corrected chi connectivity index (χ3v) is 4.82. The van der Waals surface area contributed by atoms with Crippen molar-refractivity contribution in [3.8, 4) is 0 Å². The average Bonchev–Trinajstić information content (AvgIpc) is 2.95. The zero-order valence-corrected chi connectivity index (χ0v) is 14.5. The summed E-state index contributed by atoms with van der Waals surface area (Å²) in [7, 11) is 0. The molecule has 124 valence electrons. The molecule has 0 saturated carbocycles. The molecule has 5 nitrogen and oxygen atoms in total. The normalized spacial score (nSPS) is 12.3. The van der Waals surface area contributed by atoms with Crippen LogP contribution in [-0.4, -0.2) is 33.6 Å². The number of halogens is 1. The zero-order chi connectivity index (χ0) is 17.1. The van der Waals surface area contributed by atoms with Gasteiger partial charge in [-0.25, -0.2) is 4.98 Å². The first-order chi connectivity index (χ1) is 11.6. The highest BCUT2D eigenvalue weighted by Gasteiger charge is 2.20. The van der Waals surface area contributed by atoms with Gasteiger partial charge in [-0.2, -0.15) is 0 Å². The maximum Gasteiger partial charge on any atom is 0.269 e. The number of nitrogens with one attached hydrogen (secondary N) is 2. The van der Waals surface area contributed by atoms with Crippen molar-refractivity contribution in [2.24, 2.45) is 0 Å². The van der Waals surface area contributed by atoms with Crippen molar-refractivity contribution in [3.05, 3.63) is 53.3 Å². The molecule has 0 aliphatic carbocycles. The van der Waals surface area contributed by atoms with E-state index in [1.54, 1.807) is 13.1 Å². The summed E-state index contributed by atoms with van der Waals surface area (Å²) in [5.74, 6) is -0.272. The SMILES string of the molecule is CC(CO)NC(=O)c1[nH]c2ncccc2c1Sc1ccc(Cl)cc1. The first-order valence-electron chi connectivity index (χ1n) is 7.40. The molecule has 7 heteroatoms. The number of aromatic amines is 1. The number of nitrogens with zero attached hydrogens (tertiary/aromatic N) is 1. The Hall–Kier alpha value is -2.02. The molecule has 0 spiro atoms. The van der Waals surface area contributed by atoms with Crippen LogP contribution in [-0.2, 0) is 0 Å². The van der Waals surface area contributed by atoms with E-state index in [2.05, 4.69) is 15.3 Å². The Morgan fingerprint density at radius 3 is 2.83 bits per heavy atom. The monoisotopic (exact) mass is 361 g/mol. The van der Waals surface area contributed by atoms with E-state index in [1.165, 1.54) is 11.8 Å². The van der Waals surface area contributed by atoms with Gasteiger partial charge in [0.05, 0.1) is 11.5 Å². The Morgan fingerprint density at radius 1 is 1.38 bits per heavy atom. The minimum atomic E-state index is -0.328. The molecule has 0 fully saturated rings. The van der Waals surface area contributed by atoms with Gasteiger partial charge in [-0.1, -0.05) is 23.4 Å². The van der Waals surface area contributed by atoms with Gasteiger partial charge in [-0.3, -0.25) is 4.79 Å². The van der Waals surface area contributed by atoms with Crippen molar-refractivity contribution in [2.75, 3.05) is 6.61 Å². The van der Waals surface area contributed by atoms with Crippen LogP contribution in [0.3, 0.4) is 0 Å². The lowest BCUT2D eigenvalue weighted by atomic mass is 10.3. The van der Waals surface area contributed by atoms with Crippen LogP contribution in [0.2, 0.25) is 5.02 Å². The van der Waals surface area contributed by atoms with E-state index in [-0.39, 0.29) is 18.6 Å². The fourth-order valence-corrected chi connectivity index (χ4v) is 3.38. The van der Waals surface area contributed by atoms with Crippen molar-refractivity contribution in [1.82, 2.24) is 15.3 Å². The maximum absolute atomic E-state index is 12.5. The zero-order valence-electron chi connectivity index (χ0n) is 12.9. The van der Waals surface area contributed by atoms with Crippen LogP contribution in [0.25, 0.3) is 11.0 Å².